The van der Waals surface area contributed by atoms with Crippen molar-refractivity contribution in [1.29, 1.82) is 0 Å². The first kappa shape index (κ1) is 15.6. The predicted molar refractivity (Wildman–Crippen MR) is 83.8 cm³/mol. The number of rotatable bonds is 6. The summed E-state index contributed by atoms with van der Waals surface area (Å²) in [5, 5.41) is 0. The summed E-state index contributed by atoms with van der Waals surface area (Å²) in [5.74, 6) is 1.68. The number of carbonyl (C=O) groups excluding carboxylic acids is 1. The number of benzene rings is 1. The molecule has 0 N–H and O–H groups in total. The van der Waals surface area contributed by atoms with E-state index in [-0.39, 0.29) is 18.3 Å². The Kier molecular flexibility index (Phi) is 5.07. The van der Waals surface area contributed by atoms with Gasteiger partial charge in [-0.2, -0.15) is 0 Å². The molecule has 0 aliphatic rings. The van der Waals surface area contributed by atoms with Crippen LogP contribution in [0.4, 0.5) is 0 Å². The number of fused-ring (bicyclic) bond motifs is 1. The van der Waals surface area contributed by atoms with Gasteiger partial charge >= 0.3 is 0 Å². The van der Waals surface area contributed by atoms with Crippen LogP contribution in [0, 0.1) is 0 Å². The highest BCUT2D eigenvalue weighted by molar-refractivity contribution is 6.17. The monoisotopic (exact) mass is 309 g/mol. The summed E-state index contributed by atoms with van der Waals surface area (Å²) < 4.78 is 7.19. The van der Waals surface area contributed by atoms with E-state index in [2.05, 4.69) is 4.98 Å². The predicted octanol–water partition coefficient (Wildman–Crippen LogP) is 2.65. The second-order valence-electron chi connectivity index (χ2n) is 4.64. The summed E-state index contributed by atoms with van der Waals surface area (Å²) >= 11 is 5.98. The fourth-order valence-corrected chi connectivity index (χ4v) is 2.63. The molecule has 21 heavy (non-hydrogen) atoms. The van der Waals surface area contributed by atoms with E-state index >= 15 is 0 Å². The lowest BCUT2D eigenvalue weighted by molar-refractivity contribution is -0.131. The number of hydrogen-bond donors (Lipinski definition) is 0. The number of aromatic nitrogens is 2. The SMILES string of the molecule is CCN(CC)C(=O)Cn1c(CCl)nc2c(OC)cccc21. The Morgan fingerprint density at radius 2 is 2.10 bits per heavy atom. The zero-order valence-electron chi connectivity index (χ0n) is 12.6. The number of ether oxygens (including phenoxy) is 1. The molecule has 0 unspecified atom stereocenters. The first-order valence-corrected chi connectivity index (χ1v) is 7.55. The normalized spacial score (nSPS) is 10.9. The Labute approximate surface area is 129 Å². The van der Waals surface area contributed by atoms with Crippen molar-refractivity contribution in [1.82, 2.24) is 14.5 Å². The first-order chi connectivity index (χ1) is 10.2. The molecule has 1 amide bonds. The van der Waals surface area contributed by atoms with E-state index in [4.69, 9.17) is 16.3 Å². The topological polar surface area (TPSA) is 47.4 Å². The summed E-state index contributed by atoms with van der Waals surface area (Å²) in [6.45, 7) is 5.58. The standard InChI is InChI=1S/C15H20ClN3O2/c1-4-18(5-2)14(20)10-19-11-7-6-8-12(21-3)15(11)17-13(19)9-16/h6-8H,4-5,9-10H2,1-3H3. The van der Waals surface area contributed by atoms with Crippen molar-refractivity contribution in [2.45, 2.75) is 26.3 Å². The van der Waals surface area contributed by atoms with E-state index in [0.29, 0.717) is 24.7 Å². The highest BCUT2D eigenvalue weighted by Crippen LogP contribution is 2.26. The Bertz CT molecular complexity index is 635. The zero-order chi connectivity index (χ0) is 15.4. The third-order valence-electron chi connectivity index (χ3n) is 3.57. The minimum atomic E-state index is 0.0634. The van der Waals surface area contributed by atoms with Gasteiger partial charge in [0.25, 0.3) is 0 Å². The lowest BCUT2D eigenvalue weighted by atomic mass is 10.3. The van der Waals surface area contributed by atoms with Gasteiger partial charge in [0.2, 0.25) is 5.91 Å². The summed E-state index contributed by atoms with van der Waals surface area (Å²) in [5.41, 5.74) is 1.61. The van der Waals surface area contributed by atoms with Gasteiger partial charge in [-0.25, -0.2) is 4.98 Å². The fourth-order valence-electron chi connectivity index (χ4n) is 2.42. The molecule has 2 rings (SSSR count). The van der Waals surface area contributed by atoms with E-state index in [1.54, 1.807) is 12.0 Å². The van der Waals surface area contributed by atoms with Gasteiger partial charge in [-0.1, -0.05) is 6.07 Å². The molecule has 2 aromatic rings. The maximum absolute atomic E-state index is 12.3. The number of likely N-dealkylation sites (N-methyl/N-ethyl adjacent to an activating group) is 1. The number of hydrogen-bond acceptors (Lipinski definition) is 3. The third-order valence-corrected chi connectivity index (χ3v) is 3.81. The van der Waals surface area contributed by atoms with Gasteiger partial charge < -0.3 is 14.2 Å². The number of alkyl halides is 1. The van der Waals surface area contributed by atoms with Crippen molar-refractivity contribution >= 4 is 28.5 Å². The maximum Gasteiger partial charge on any atom is 0.242 e. The summed E-state index contributed by atoms with van der Waals surface area (Å²) in [4.78, 5) is 18.6. The van der Waals surface area contributed by atoms with E-state index in [9.17, 15) is 4.79 Å². The molecule has 0 radical (unpaired) electrons. The molecule has 5 nitrogen and oxygen atoms in total. The Hall–Kier alpha value is -1.75. The second kappa shape index (κ2) is 6.80. The molecule has 6 heteroatoms. The zero-order valence-corrected chi connectivity index (χ0v) is 13.4. The highest BCUT2D eigenvalue weighted by Gasteiger charge is 2.17. The average Bonchev–Trinajstić information content (AvgIpc) is 2.86. The minimum Gasteiger partial charge on any atom is -0.494 e. The fraction of sp³-hybridized carbons (Fsp3) is 0.467. The largest absolute Gasteiger partial charge is 0.494 e. The van der Waals surface area contributed by atoms with Crippen molar-refractivity contribution in [2.24, 2.45) is 0 Å². The van der Waals surface area contributed by atoms with Crippen LogP contribution in [0.25, 0.3) is 11.0 Å². The van der Waals surface area contributed by atoms with Crippen molar-refractivity contribution in [3.8, 4) is 5.75 Å². The van der Waals surface area contributed by atoms with Gasteiger partial charge in [-0.3, -0.25) is 4.79 Å². The molecule has 0 saturated heterocycles. The quantitative estimate of drug-likeness (QED) is 0.771. The van der Waals surface area contributed by atoms with Crippen LogP contribution < -0.4 is 4.74 Å². The van der Waals surface area contributed by atoms with Gasteiger partial charge in [0.1, 0.15) is 23.6 Å². The molecule has 0 bridgehead atoms. The maximum atomic E-state index is 12.3. The molecule has 0 atom stereocenters. The van der Waals surface area contributed by atoms with Crippen molar-refractivity contribution in [2.75, 3.05) is 20.2 Å². The lowest BCUT2D eigenvalue weighted by Crippen LogP contribution is -2.33. The smallest absolute Gasteiger partial charge is 0.242 e. The molecule has 0 fully saturated rings. The van der Waals surface area contributed by atoms with Crippen LogP contribution in [0.5, 0.6) is 5.75 Å². The number of nitrogens with zero attached hydrogens (tertiary/aromatic N) is 3. The van der Waals surface area contributed by atoms with Gasteiger partial charge in [0.15, 0.2) is 0 Å². The first-order valence-electron chi connectivity index (χ1n) is 7.02. The molecule has 0 saturated carbocycles. The Morgan fingerprint density at radius 1 is 1.38 bits per heavy atom. The molecule has 114 valence electrons. The lowest BCUT2D eigenvalue weighted by Gasteiger charge is -2.19. The van der Waals surface area contributed by atoms with Crippen LogP contribution >= 0.6 is 11.6 Å². The molecule has 0 aliphatic heterocycles. The molecule has 0 spiro atoms. The number of amides is 1. The van der Waals surface area contributed by atoms with Gasteiger partial charge in [0.05, 0.1) is 18.5 Å². The van der Waals surface area contributed by atoms with Crippen LogP contribution in [0.3, 0.4) is 0 Å². The second-order valence-corrected chi connectivity index (χ2v) is 4.91. The molecular formula is C15H20ClN3O2. The van der Waals surface area contributed by atoms with Crippen LogP contribution in [0.15, 0.2) is 18.2 Å². The molecule has 0 aliphatic carbocycles. The molecule has 1 aromatic carbocycles. The summed E-state index contributed by atoms with van der Waals surface area (Å²) in [7, 11) is 1.61. The van der Waals surface area contributed by atoms with Crippen LogP contribution in [0.1, 0.15) is 19.7 Å². The number of para-hydroxylation sites is 1. The average molecular weight is 310 g/mol. The van der Waals surface area contributed by atoms with Crippen LogP contribution in [-0.2, 0) is 17.2 Å². The Balaban J connectivity index is 2.45. The van der Waals surface area contributed by atoms with E-state index in [0.717, 1.165) is 11.0 Å². The molecular weight excluding hydrogens is 290 g/mol. The summed E-state index contributed by atoms with van der Waals surface area (Å²) in [6, 6.07) is 5.67. The number of halogens is 1. The van der Waals surface area contributed by atoms with Crippen molar-refractivity contribution < 1.29 is 9.53 Å². The van der Waals surface area contributed by atoms with Gasteiger partial charge in [-0.05, 0) is 26.0 Å². The highest BCUT2D eigenvalue weighted by atomic mass is 35.5. The number of methoxy groups -OCH3 is 1. The van der Waals surface area contributed by atoms with Gasteiger partial charge in [0, 0.05) is 13.1 Å². The van der Waals surface area contributed by atoms with Crippen LogP contribution in [0.2, 0.25) is 0 Å². The number of imidazole rings is 1. The number of carbonyl (C=O) groups is 1. The molecule has 1 aromatic heterocycles. The van der Waals surface area contributed by atoms with Crippen molar-refractivity contribution in [3.05, 3.63) is 24.0 Å². The van der Waals surface area contributed by atoms with E-state index in [1.165, 1.54) is 0 Å². The van der Waals surface area contributed by atoms with Crippen LogP contribution in [-0.4, -0.2) is 40.6 Å². The van der Waals surface area contributed by atoms with Gasteiger partial charge in [-0.15, -0.1) is 11.6 Å². The van der Waals surface area contributed by atoms with E-state index < -0.39 is 0 Å². The Morgan fingerprint density at radius 3 is 2.67 bits per heavy atom. The molecule has 1 heterocycles. The van der Waals surface area contributed by atoms with E-state index in [1.807, 2.05) is 36.6 Å². The third kappa shape index (κ3) is 2.97. The minimum absolute atomic E-state index is 0.0634. The van der Waals surface area contributed by atoms with Crippen molar-refractivity contribution in [3.63, 3.8) is 0 Å². The summed E-state index contributed by atoms with van der Waals surface area (Å²) in [6.07, 6.45) is 0.